The maximum absolute atomic E-state index is 13.4. The average Bonchev–Trinajstić information content (AvgIpc) is 3.10. The van der Waals surface area contributed by atoms with Crippen LogP contribution in [-0.4, -0.2) is 43.9 Å². The second-order valence-corrected chi connectivity index (χ2v) is 9.09. The topological polar surface area (TPSA) is 90.0 Å². The van der Waals surface area contributed by atoms with Gasteiger partial charge in [0.2, 0.25) is 0 Å². The van der Waals surface area contributed by atoms with E-state index in [2.05, 4.69) is 0 Å². The molecule has 4 rings (SSSR count). The van der Waals surface area contributed by atoms with Crippen LogP contribution < -0.4 is 4.74 Å². The number of methoxy groups -OCH3 is 1. The number of amides is 1. The Morgan fingerprint density at radius 3 is 2.55 bits per heavy atom. The first kappa shape index (κ1) is 19.4. The van der Waals surface area contributed by atoms with E-state index < -0.39 is 34.0 Å². The van der Waals surface area contributed by atoms with Crippen molar-refractivity contribution >= 4 is 21.9 Å². The molecule has 2 aliphatic rings. The van der Waals surface area contributed by atoms with E-state index in [1.165, 1.54) is 37.4 Å². The van der Waals surface area contributed by atoms with E-state index in [1.54, 1.807) is 12.1 Å². The van der Waals surface area contributed by atoms with E-state index in [9.17, 15) is 18.0 Å². The normalized spacial score (nSPS) is 21.0. The zero-order valence-corrected chi connectivity index (χ0v) is 16.9. The van der Waals surface area contributed by atoms with E-state index in [0.717, 1.165) is 16.3 Å². The van der Waals surface area contributed by atoms with Crippen molar-refractivity contribution in [3.63, 3.8) is 0 Å². The molecule has 1 aliphatic heterocycles. The summed E-state index contributed by atoms with van der Waals surface area (Å²) in [5, 5.41) is 0. The van der Waals surface area contributed by atoms with E-state index in [4.69, 9.17) is 9.47 Å². The molecule has 0 saturated heterocycles. The van der Waals surface area contributed by atoms with Crippen LogP contribution in [0.25, 0.3) is 0 Å². The summed E-state index contributed by atoms with van der Waals surface area (Å²) < 4.78 is 38.6. The highest BCUT2D eigenvalue weighted by molar-refractivity contribution is 7.89. The van der Waals surface area contributed by atoms with Crippen molar-refractivity contribution < 1.29 is 27.5 Å². The van der Waals surface area contributed by atoms with Gasteiger partial charge in [-0.15, -0.1) is 0 Å². The molecule has 1 saturated carbocycles. The van der Waals surface area contributed by atoms with Crippen LogP contribution in [0.5, 0.6) is 5.75 Å². The second-order valence-electron chi connectivity index (χ2n) is 7.28. The summed E-state index contributed by atoms with van der Waals surface area (Å²) in [6.07, 6.45) is 1.51. The van der Waals surface area contributed by atoms with Gasteiger partial charge in [0.15, 0.2) is 0 Å². The van der Waals surface area contributed by atoms with E-state index in [-0.39, 0.29) is 21.8 Å². The molecule has 0 radical (unpaired) electrons. The number of esters is 1. The molecule has 0 aromatic heterocycles. The SMILES string of the molecule is COC(=O)c1ccc2c(c1)C(=O)N(S(=O)(=O)c1ccc(C)cc1)[C@@H]1CCC[C@H]1O2. The predicted molar refractivity (Wildman–Crippen MR) is 104 cm³/mol. The fraction of sp³-hybridized carbons (Fsp3) is 0.333. The molecule has 0 unspecified atom stereocenters. The zero-order chi connectivity index (χ0) is 20.8. The quantitative estimate of drug-likeness (QED) is 0.716. The first-order chi connectivity index (χ1) is 13.8. The van der Waals surface area contributed by atoms with Crippen molar-refractivity contribution in [2.24, 2.45) is 0 Å². The number of aryl methyl sites for hydroxylation is 1. The lowest BCUT2D eigenvalue weighted by Gasteiger charge is -2.29. The molecule has 152 valence electrons. The Kier molecular flexibility index (Phi) is 4.82. The maximum atomic E-state index is 13.4. The Labute approximate surface area is 169 Å². The largest absolute Gasteiger partial charge is 0.487 e. The smallest absolute Gasteiger partial charge is 0.337 e. The van der Waals surface area contributed by atoms with Gasteiger partial charge in [0.25, 0.3) is 15.9 Å². The van der Waals surface area contributed by atoms with E-state index in [1.807, 2.05) is 6.92 Å². The monoisotopic (exact) mass is 415 g/mol. The fourth-order valence-electron chi connectivity index (χ4n) is 3.90. The Morgan fingerprint density at radius 1 is 1.14 bits per heavy atom. The summed E-state index contributed by atoms with van der Waals surface area (Å²) >= 11 is 0. The number of hydrogen-bond acceptors (Lipinski definition) is 6. The first-order valence-corrected chi connectivity index (χ1v) is 10.8. The number of hydrogen-bond donors (Lipinski definition) is 0. The van der Waals surface area contributed by atoms with Crippen molar-refractivity contribution in [1.29, 1.82) is 0 Å². The van der Waals surface area contributed by atoms with Crippen LogP contribution in [-0.2, 0) is 14.8 Å². The third kappa shape index (κ3) is 3.27. The number of carbonyl (C=O) groups excluding carboxylic acids is 2. The van der Waals surface area contributed by atoms with Gasteiger partial charge in [-0.3, -0.25) is 4.79 Å². The summed E-state index contributed by atoms with van der Waals surface area (Å²) in [5.74, 6) is -1.03. The highest BCUT2D eigenvalue weighted by atomic mass is 32.2. The number of carbonyl (C=O) groups is 2. The van der Waals surface area contributed by atoms with Crippen LogP contribution in [0.1, 0.15) is 45.5 Å². The van der Waals surface area contributed by atoms with Crippen molar-refractivity contribution in [1.82, 2.24) is 4.31 Å². The molecule has 0 spiro atoms. The highest BCUT2D eigenvalue weighted by Crippen LogP contribution is 2.38. The molecule has 8 heteroatoms. The van der Waals surface area contributed by atoms with Gasteiger partial charge in [-0.25, -0.2) is 17.5 Å². The molecule has 1 amide bonds. The Hall–Kier alpha value is -2.87. The molecule has 0 bridgehead atoms. The van der Waals surface area contributed by atoms with E-state index >= 15 is 0 Å². The summed E-state index contributed by atoms with van der Waals surface area (Å²) in [4.78, 5) is 25.4. The van der Waals surface area contributed by atoms with Gasteiger partial charge in [0.1, 0.15) is 11.9 Å². The first-order valence-electron chi connectivity index (χ1n) is 9.37. The third-order valence-electron chi connectivity index (χ3n) is 5.41. The fourth-order valence-corrected chi connectivity index (χ4v) is 5.52. The Bertz CT molecular complexity index is 1080. The molecular formula is C21H21NO6S. The average molecular weight is 415 g/mol. The lowest BCUT2D eigenvalue weighted by atomic mass is 10.1. The minimum absolute atomic E-state index is 0.0398. The summed E-state index contributed by atoms with van der Waals surface area (Å²) in [5.41, 5.74) is 1.11. The molecular weight excluding hydrogens is 394 g/mol. The Balaban J connectivity index is 1.85. The summed E-state index contributed by atoms with van der Waals surface area (Å²) in [6, 6.07) is 10.2. The number of benzene rings is 2. The number of fused-ring (bicyclic) bond motifs is 2. The Morgan fingerprint density at radius 2 is 1.86 bits per heavy atom. The van der Waals surface area contributed by atoms with Crippen LogP contribution in [0, 0.1) is 6.92 Å². The zero-order valence-electron chi connectivity index (χ0n) is 16.1. The van der Waals surface area contributed by atoms with Gasteiger partial charge < -0.3 is 9.47 Å². The lowest BCUT2D eigenvalue weighted by Crippen LogP contribution is -2.47. The summed E-state index contributed by atoms with van der Waals surface area (Å²) in [7, 11) is -2.86. The van der Waals surface area contributed by atoms with Crippen molar-refractivity contribution in [2.75, 3.05) is 7.11 Å². The van der Waals surface area contributed by atoms with Crippen LogP contribution in [0.3, 0.4) is 0 Å². The highest BCUT2D eigenvalue weighted by Gasteiger charge is 2.46. The number of ether oxygens (including phenoxy) is 2. The molecule has 0 N–H and O–H groups in total. The lowest BCUT2D eigenvalue weighted by molar-refractivity contribution is 0.0600. The van der Waals surface area contributed by atoms with Crippen LogP contribution in [0.4, 0.5) is 0 Å². The minimum Gasteiger partial charge on any atom is -0.487 e. The van der Waals surface area contributed by atoms with Gasteiger partial charge >= 0.3 is 5.97 Å². The second kappa shape index (κ2) is 7.18. The van der Waals surface area contributed by atoms with Crippen LogP contribution in [0.15, 0.2) is 47.4 Å². The minimum atomic E-state index is -4.10. The van der Waals surface area contributed by atoms with Crippen molar-refractivity contribution in [2.45, 2.75) is 43.2 Å². The van der Waals surface area contributed by atoms with Gasteiger partial charge in [0, 0.05) is 0 Å². The number of sulfonamides is 1. The van der Waals surface area contributed by atoms with E-state index in [0.29, 0.717) is 12.8 Å². The molecule has 1 fully saturated rings. The molecule has 29 heavy (non-hydrogen) atoms. The molecule has 7 nitrogen and oxygen atoms in total. The van der Waals surface area contributed by atoms with Crippen molar-refractivity contribution in [3.8, 4) is 5.75 Å². The molecule has 2 aromatic carbocycles. The van der Waals surface area contributed by atoms with Gasteiger partial charge in [-0.1, -0.05) is 17.7 Å². The van der Waals surface area contributed by atoms with Gasteiger partial charge in [0.05, 0.1) is 29.2 Å². The van der Waals surface area contributed by atoms with Gasteiger partial charge in [-0.05, 0) is 56.5 Å². The predicted octanol–water partition coefficient (Wildman–Crippen LogP) is 2.93. The molecule has 1 aliphatic carbocycles. The summed E-state index contributed by atoms with van der Waals surface area (Å²) in [6.45, 7) is 1.86. The van der Waals surface area contributed by atoms with Crippen LogP contribution in [0.2, 0.25) is 0 Å². The maximum Gasteiger partial charge on any atom is 0.337 e. The number of nitrogens with zero attached hydrogens (tertiary/aromatic N) is 1. The van der Waals surface area contributed by atoms with Gasteiger partial charge in [-0.2, -0.15) is 0 Å². The molecule has 2 atom stereocenters. The van der Waals surface area contributed by atoms with Crippen LogP contribution >= 0.6 is 0 Å². The van der Waals surface area contributed by atoms with Crippen molar-refractivity contribution in [3.05, 3.63) is 59.2 Å². The third-order valence-corrected chi connectivity index (χ3v) is 7.23. The molecule has 1 heterocycles. The molecule has 2 aromatic rings. The number of rotatable bonds is 3. The standard InChI is InChI=1S/C21H21NO6S/c1-13-6-9-15(10-7-13)29(25,26)22-17-4-3-5-19(17)28-18-11-8-14(21(24)27-2)12-16(18)20(22)23/h6-12,17,19H,3-5H2,1-2H3/t17-,19-/m1/s1.